The van der Waals surface area contributed by atoms with Gasteiger partial charge in [0.05, 0.1) is 40.3 Å². The summed E-state index contributed by atoms with van der Waals surface area (Å²) in [4.78, 5) is 37.1. The van der Waals surface area contributed by atoms with Crippen LogP contribution in [-0.2, 0) is 33.3 Å². The molecule has 0 aromatic carbocycles. The van der Waals surface area contributed by atoms with Crippen LogP contribution in [0.3, 0.4) is 0 Å². The number of likely N-dealkylation sites (N-methyl/N-ethyl adjacent to an activating group) is 1. The zero-order chi connectivity index (χ0) is 46.3. The number of unbranched alkanes of at least 4 members (excludes halogenated alkanes) is 9. The van der Waals surface area contributed by atoms with E-state index in [0.29, 0.717) is 23.9 Å². The van der Waals surface area contributed by atoms with Crippen molar-refractivity contribution in [2.45, 2.75) is 167 Å². The van der Waals surface area contributed by atoms with E-state index in [2.05, 4.69) is 123 Å². The molecule has 0 aromatic heterocycles. The van der Waals surface area contributed by atoms with Gasteiger partial charge in [0.15, 0.2) is 12.4 Å². The summed E-state index contributed by atoms with van der Waals surface area (Å²) in [5.41, 5.74) is 0. The number of carboxylic acids is 1. The van der Waals surface area contributed by atoms with Crippen LogP contribution in [0.5, 0.6) is 0 Å². The summed E-state index contributed by atoms with van der Waals surface area (Å²) in [6.07, 6.45) is 56.9. The number of rotatable bonds is 42. The number of aliphatic carboxylic acids is 1. The van der Waals surface area contributed by atoms with Crippen LogP contribution in [0, 0.1) is 0 Å². The Labute approximate surface area is 384 Å². The minimum absolute atomic E-state index is 0.131. The molecule has 2 atom stereocenters. The van der Waals surface area contributed by atoms with E-state index < -0.39 is 24.3 Å². The predicted molar refractivity (Wildman–Crippen MR) is 260 cm³/mol. The highest BCUT2D eigenvalue weighted by atomic mass is 16.7. The van der Waals surface area contributed by atoms with Gasteiger partial charge >= 0.3 is 11.9 Å². The molecule has 0 saturated heterocycles. The van der Waals surface area contributed by atoms with Gasteiger partial charge in [0.25, 0.3) is 0 Å². The third-order valence-corrected chi connectivity index (χ3v) is 9.52. The van der Waals surface area contributed by atoms with Gasteiger partial charge in [-0.25, -0.2) is 0 Å². The van der Waals surface area contributed by atoms with Crippen molar-refractivity contribution >= 4 is 17.9 Å². The number of esters is 2. The molecule has 0 N–H and O–H groups in total. The summed E-state index contributed by atoms with van der Waals surface area (Å²) in [6.45, 7) is 4.43. The Kier molecular flexibility index (Phi) is 41.7. The minimum atomic E-state index is -1.64. The van der Waals surface area contributed by atoms with E-state index >= 15 is 0 Å². The first-order chi connectivity index (χ1) is 30.6. The fraction of sp³-hybridized carbons (Fsp3) is 0.611. The summed E-state index contributed by atoms with van der Waals surface area (Å²) in [6, 6.07) is 0. The largest absolute Gasteiger partial charge is 0.545 e. The number of hydrogen-bond donors (Lipinski definition) is 0. The number of carboxylic acid groups (broad SMARTS) is 1. The van der Waals surface area contributed by atoms with Crippen LogP contribution in [0.1, 0.15) is 155 Å². The van der Waals surface area contributed by atoms with Crippen molar-refractivity contribution in [3.63, 3.8) is 0 Å². The first-order valence-corrected chi connectivity index (χ1v) is 24.0. The molecule has 9 heteroatoms. The van der Waals surface area contributed by atoms with Gasteiger partial charge in [-0.05, 0) is 96.3 Å². The molecule has 0 aliphatic heterocycles. The first-order valence-electron chi connectivity index (χ1n) is 24.0. The van der Waals surface area contributed by atoms with Crippen LogP contribution in [-0.4, -0.2) is 82.3 Å². The van der Waals surface area contributed by atoms with Crippen molar-refractivity contribution in [1.82, 2.24) is 0 Å². The molecule has 0 rings (SSSR count). The summed E-state index contributed by atoms with van der Waals surface area (Å²) in [7, 11) is 5.88. The molecule has 9 nitrogen and oxygen atoms in total. The molecular weight excluding hydrogens is 791 g/mol. The summed E-state index contributed by atoms with van der Waals surface area (Å²) in [5.74, 6) is -2.37. The lowest BCUT2D eigenvalue weighted by Crippen LogP contribution is -2.44. The average Bonchev–Trinajstić information content (AvgIpc) is 3.24. The third-order valence-electron chi connectivity index (χ3n) is 9.52. The van der Waals surface area contributed by atoms with Crippen LogP contribution >= 0.6 is 0 Å². The maximum absolute atomic E-state index is 12.8. The molecule has 0 radical (unpaired) electrons. The lowest BCUT2D eigenvalue weighted by atomic mass is 10.1. The van der Waals surface area contributed by atoms with Crippen molar-refractivity contribution in [3.8, 4) is 0 Å². The minimum Gasteiger partial charge on any atom is -0.545 e. The second-order valence-electron chi connectivity index (χ2n) is 16.6. The van der Waals surface area contributed by atoms with Gasteiger partial charge in [-0.15, -0.1) is 0 Å². The van der Waals surface area contributed by atoms with Gasteiger partial charge in [-0.2, -0.15) is 0 Å². The molecule has 0 amide bonds. The van der Waals surface area contributed by atoms with E-state index in [9.17, 15) is 19.5 Å². The highest BCUT2D eigenvalue weighted by Crippen LogP contribution is 2.12. The van der Waals surface area contributed by atoms with E-state index in [1.165, 1.54) is 0 Å². The van der Waals surface area contributed by atoms with E-state index in [1.807, 2.05) is 21.1 Å². The lowest BCUT2D eigenvalue weighted by molar-refractivity contribution is -0.870. The highest BCUT2D eigenvalue weighted by molar-refractivity contribution is 5.70. The summed E-state index contributed by atoms with van der Waals surface area (Å²) >= 11 is 0. The molecule has 356 valence electrons. The van der Waals surface area contributed by atoms with E-state index in [4.69, 9.17) is 18.9 Å². The van der Waals surface area contributed by atoms with Crippen LogP contribution in [0.2, 0.25) is 0 Å². The van der Waals surface area contributed by atoms with Crippen LogP contribution in [0.4, 0.5) is 0 Å². The molecule has 0 aliphatic rings. The smallest absolute Gasteiger partial charge is 0.306 e. The fourth-order valence-corrected chi connectivity index (χ4v) is 5.84. The Bertz CT molecular complexity index is 1390. The van der Waals surface area contributed by atoms with Gasteiger partial charge in [0.1, 0.15) is 13.2 Å². The normalized spacial score (nSPS) is 13.9. The topological polar surface area (TPSA) is 111 Å². The Morgan fingerprint density at radius 1 is 0.476 bits per heavy atom. The Morgan fingerprint density at radius 3 is 1.29 bits per heavy atom. The zero-order valence-electron chi connectivity index (χ0n) is 40.1. The van der Waals surface area contributed by atoms with Crippen molar-refractivity contribution in [2.75, 3.05) is 47.5 Å². The molecule has 0 saturated carbocycles. The molecule has 0 aliphatic carbocycles. The average molecular weight is 878 g/mol. The zero-order valence-corrected chi connectivity index (χ0v) is 40.1. The van der Waals surface area contributed by atoms with Gasteiger partial charge in [0.2, 0.25) is 0 Å². The quantitative estimate of drug-likeness (QED) is 0.0196. The number of hydrogen-bond acceptors (Lipinski definition) is 8. The molecule has 0 fully saturated rings. The molecule has 2 unspecified atom stereocenters. The maximum atomic E-state index is 12.8. The Morgan fingerprint density at radius 2 is 0.857 bits per heavy atom. The van der Waals surface area contributed by atoms with Gasteiger partial charge in [-0.1, -0.05) is 155 Å². The summed E-state index contributed by atoms with van der Waals surface area (Å²) < 4.78 is 22.5. The molecular formula is C54H87NO8. The number of carbonyl (C=O) groups is 3. The first kappa shape index (κ1) is 58.9. The van der Waals surface area contributed by atoms with Gasteiger partial charge in [-0.3, -0.25) is 9.59 Å². The molecule has 63 heavy (non-hydrogen) atoms. The van der Waals surface area contributed by atoms with Crippen LogP contribution < -0.4 is 5.11 Å². The number of allylic oxidation sites excluding steroid dienone is 18. The second kappa shape index (κ2) is 44.6. The van der Waals surface area contributed by atoms with Crippen molar-refractivity contribution in [3.05, 3.63) is 109 Å². The van der Waals surface area contributed by atoms with Gasteiger partial charge < -0.3 is 33.3 Å². The molecule has 0 bridgehead atoms. The molecule has 0 aromatic rings. The molecule has 0 spiro atoms. The SMILES string of the molecule is CC/C=C\C/C=C\C/C=C\C/C=C\C/C=C\CCCCCC(=O)OC(COC(=O)CCCCCCCC/C=C\C/C=C\C/C=C\C/C=C\CC)COC(OCC[N+](C)(C)C)C(=O)[O-]. The van der Waals surface area contributed by atoms with Crippen molar-refractivity contribution < 1.29 is 42.9 Å². The lowest BCUT2D eigenvalue weighted by Gasteiger charge is -2.26. The van der Waals surface area contributed by atoms with E-state index in [-0.39, 0.29) is 38.6 Å². The van der Waals surface area contributed by atoms with Gasteiger partial charge in [0, 0.05) is 12.8 Å². The fourth-order valence-electron chi connectivity index (χ4n) is 5.84. The Balaban J connectivity index is 4.51. The molecule has 0 heterocycles. The van der Waals surface area contributed by atoms with Crippen LogP contribution in [0.25, 0.3) is 0 Å². The van der Waals surface area contributed by atoms with Crippen molar-refractivity contribution in [1.29, 1.82) is 0 Å². The summed E-state index contributed by atoms with van der Waals surface area (Å²) in [5, 5.41) is 11.7. The highest BCUT2D eigenvalue weighted by Gasteiger charge is 2.21. The van der Waals surface area contributed by atoms with Crippen molar-refractivity contribution in [2.24, 2.45) is 0 Å². The third kappa shape index (κ3) is 45.8. The van der Waals surface area contributed by atoms with E-state index in [1.54, 1.807) is 0 Å². The number of carbonyl (C=O) groups excluding carboxylic acids is 3. The standard InChI is InChI=1S/C54H87NO8/c1-6-8-10-12-14-16-18-20-22-24-26-28-30-32-34-36-38-40-42-44-51(56)61-48-50(49-62-54(53(58)59)60-47-46-55(3,4)5)63-52(57)45-43-41-39-37-35-33-31-29-27-25-23-21-19-17-15-13-11-9-7-2/h8-11,14-17,20-23,26-29,33,35,50,54H,6-7,12-13,18-19,24-25,30-32,34,36-49H2,1-5H3/b10-8-,11-9-,16-14-,17-15-,22-20-,23-21-,28-26-,29-27-,35-33-. The predicted octanol–water partition coefficient (Wildman–Crippen LogP) is 11.9. The Hall–Kier alpha value is -4.05. The number of ether oxygens (including phenoxy) is 4. The second-order valence-corrected chi connectivity index (χ2v) is 16.6. The van der Waals surface area contributed by atoms with Crippen LogP contribution in [0.15, 0.2) is 109 Å². The van der Waals surface area contributed by atoms with E-state index in [0.717, 1.165) is 116 Å². The number of nitrogens with zero attached hydrogens (tertiary/aromatic N) is 1. The maximum Gasteiger partial charge on any atom is 0.306 e. The number of quaternary nitrogens is 1. The monoisotopic (exact) mass is 878 g/mol.